The summed E-state index contributed by atoms with van der Waals surface area (Å²) in [7, 11) is -3.12. The van der Waals surface area contributed by atoms with E-state index in [0.29, 0.717) is 12.0 Å². The van der Waals surface area contributed by atoms with Gasteiger partial charge in [0, 0.05) is 93.6 Å². The van der Waals surface area contributed by atoms with Crippen molar-refractivity contribution in [2.45, 2.75) is 9.79 Å². The SMILES string of the molecule is CN=Nc1c(SOOO)cc2cc(S(=O)(=O)O)cc(N)c2c1O.[Ar].[Ar]. The largest absolute Gasteiger partial charge is 0.505 e. The number of nitrogens with two attached hydrogens (primary N) is 1. The average Bonchev–Trinajstić information content (AvgIpc) is 2.46. The number of aromatic hydroxyl groups is 1. The quantitative estimate of drug-likeness (QED) is 0.136. The second kappa shape index (κ2) is 10.8. The first-order valence-corrected chi connectivity index (χ1v) is 7.99. The molecule has 2 aromatic rings. The van der Waals surface area contributed by atoms with Crippen molar-refractivity contribution in [2.24, 2.45) is 10.2 Å². The number of nitrogens with zero attached hydrogens (tertiary/aromatic N) is 2. The third-order valence-electron chi connectivity index (χ3n) is 2.81. The van der Waals surface area contributed by atoms with E-state index in [1.807, 2.05) is 0 Å². The summed E-state index contributed by atoms with van der Waals surface area (Å²) in [5.74, 6) is -0.378. The van der Waals surface area contributed by atoms with E-state index >= 15 is 0 Å². The predicted molar refractivity (Wildman–Crippen MR) is 80.9 cm³/mol. The maximum absolute atomic E-state index is 11.3. The van der Waals surface area contributed by atoms with E-state index in [9.17, 15) is 13.5 Å². The van der Waals surface area contributed by atoms with E-state index in [4.69, 9.17) is 15.5 Å². The molecule has 0 spiro atoms. The number of hydrogen-bond acceptors (Lipinski definition) is 10. The molecule has 0 fully saturated rings. The van der Waals surface area contributed by atoms with Crippen molar-refractivity contribution in [2.75, 3.05) is 12.8 Å². The van der Waals surface area contributed by atoms with Gasteiger partial charge < -0.3 is 10.8 Å². The zero-order valence-corrected chi connectivity index (χ0v) is 15.2. The molecule has 0 amide bonds. The van der Waals surface area contributed by atoms with Crippen molar-refractivity contribution in [3.8, 4) is 5.75 Å². The van der Waals surface area contributed by atoms with Crippen molar-refractivity contribution < 1.29 is 108 Å². The number of phenolic OH excluding ortho intramolecular Hbond substituents is 1. The van der Waals surface area contributed by atoms with Crippen LogP contribution in [0.2, 0.25) is 0 Å². The van der Waals surface area contributed by atoms with Crippen LogP contribution in [0.4, 0.5) is 11.4 Å². The Bertz CT molecular complexity index is 893. The molecule has 0 aromatic heterocycles. The average molecular weight is 441 g/mol. The van der Waals surface area contributed by atoms with E-state index < -0.39 is 15.0 Å². The van der Waals surface area contributed by atoms with Gasteiger partial charge in [-0.25, -0.2) is 5.26 Å². The number of fused-ring (bicyclic) bond motifs is 1. The van der Waals surface area contributed by atoms with Gasteiger partial charge in [0.15, 0.2) is 5.75 Å². The smallest absolute Gasteiger partial charge is 0.294 e. The molecule has 0 aliphatic heterocycles. The van der Waals surface area contributed by atoms with Gasteiger partial charge in [-0.3, -0.25) is 4.55 Å². The summed E-state index contributed by atoms with van der Waals surface area (Å²) < 4.78 is 36.0. The van der Waals surface area contributed by atoms with Crippen LogP contribution in [0.5, 0.6) is 5.75 Å². The third kappa shape index (κ3) is 6.02. The molecule has 2 rings (SSSR count). The third-order valence-corrected chi connectivity index (χ3v) is 4.26. The topological polar surface area (TPSA) is 164 Å². The first-order valence-electron chi connectivity index (χ1n) is 5.81. The number of phenols is 1. The molecule has 0 heterocycles. The molecule has 0 atom stereocenters. The summed E-state index contributed by atoms with van der Waals surface area (Å²) in [4.78, 5) is -0.288. The molecule has 0 unspecified atom stereocenters. The van der Waals surface area contributed by atoms with Crippen molar-refractivity contribution in [3.05, 3.63) is 18.2 Å². The van der Waals surface area contributed by atoms with Crippen LogP contribution in [0.3, 0.4) is 0 Å². The molecule has 2 aromatic carbocycles. The fraction of sp³-hybridized carbons (Fsp3) is 0.0909. The molecule has 0 saturated carbocycles. The van der Waals surface area contributed by atoms with Crippen LogP contribution in [0.1, 0.15) is 0 Å². The Morgan fingerprint density at radius 3 is 2.40 bits per heavy atom. The second-order valence-electron chi connectivity index (χ2n) is 4.18. The molecule has 0 bridgehead atoms. The minimum absolute atomic E-state index is 0. The molecule has 140 valence electrons. The van der Waals surface area contributed by atoms with Gasteiger partial charge in [0.2, 0.25) is 0 Å². The van der Waals surface area contributed by atoms with Crippen LogP contribution in [0, 0.1) is 75.5 Å². The summed E-state index contributed by atoms with van der Waals surface area (Å²) in [5.41, 5.74) is 5.65. The van der Waals surface area contributed by atoms with Gasteiger partial charge in [-0.2, -0.15) is 18.6 Å². The standard InChI is InChI=1S/C11H11N3O7S2.2Ar/c1-13-14-10-8(22-21-20-16)3-5-2-6(23(17,18)19)4-7(12)9(5)11(10)15;;/h2-4,15-16H,12H2,1H3,(H,17,18,19);;. The monoisotopic (exact) mass is 441 g/mol. The minimum Gasteiger partial charge on any atom is -0.505 e. The van der Waals surface area contributed by atoms with Gasteiger partial charge in [-0.15, -0.1) is 4.33 Å². The molecule has 0 saturated heterocycles. The van der Waals surface area contributed by atoms with Crippen molar-refractivity contribution in [3.63, 3.8) is 0 Å². The molecule has 10 nitrogen and oxygen atoms in total. The number of rotatable bonds is 5. The summed E-state index contributed by atoms with van der Waals surface area (Å²) in [6.45, 7) is 0. The molecular formula is C11H11Ar2N3O7S2. The van der Waals surface area contributed by atoms with E-state index in [0.717, 1.165) is 12.1 Å². The second-order valence-corrected chi connectivity index (χ2v) is 6.35. The van der Waals surface area contributed by atoms with Gasteiger partial charge >= 0.3 is 0 Å². The molecule has 0 aliphatic rings. The Kier molecular flexibility index (Phi) is 11.0. The summed E-state index contributed by atoms with van der Waals surface area (Å²) in [6, 6.07) is 3.48. The van der Waals surface area contributed by atoms with Crippen LogP contribution < -0.4 is 5.73 Å². The van der Waals surface area contributed by atoms with E-state index in [1.54, 1.807) is 0 Å². The van der Waals surface area contributed by atoms with Gasteiger partial charge in [0.1, 0.15) is 5.69 Å². The van der Waals surface area contributed by atoms with Gasteiger partial charge in [-0.1, -0.05) is 5.04 Å². The van der Waals surface area contributed by atoms with Crippen LogP contribution in [0.25, 0.3) is 10.8 Å². The predicted octanol–water partition coefficient (Wildman–Crippen LogP) is 2.52. The Balaban J connectivity index is 0.00000288. The van der Waals surface area contributed by atoms with Gasteiger partial charge in [0.25, 0.3) is 10.1 Å². The Hall–Kier alpha value is 0.559. The number of hydrogen-bond donors (Lipinski definition) is 4. The maximum Gasteiger partial charge on any atom is 0.294 e. The first kappa shape index (κ1) is 25.6. The Morgan fingerprint density at radius 1 is 1.24 bits per heavy atom. The first-order chi connectivity index (χ1) is 10.8. The molecule has 0 radical (unpaired) electrons. The Labute approximate surface area is 206 Å². The van der Waals surface area contributed by atoms with Crippen LogP contribution >= 0.6 is 12.0 Å². The van der Waals surface area contributed by atoms with Gasteiger partial charge in [-0.05, 0) is 23.6 Å². The summed E-state index contributed by atoms with van der Waals surface area (Å²) in [5, 5.41) is 29.6. The van der Waals surface area contributed by atoms with Crippen molar-refractivity contribution in [1.82, 2.24) is 0 Å². The minimum atomic E-state index is -4.49. The Morgan fingerprint density at radius 2 is 1.88 bits per heavy atom. The van der Waals surface area contributed by atoms with Gasteiger partial charge in [0.05, 0.1) is 21.8 Å². The number of nitrogen functional groups attached to an aromatic ring is 1. The number of anilines is 1. The molecular weight excluding hydrogens is 430 g/mol. The molecule has 25 heavy (non-hydrogen) atoms. The van der Waals surface area contributed by atoms with Crippen LogP contribution in [-0.2, 0) is 19.5 Å². The van der Waals surface area contributed by atoms with E-state index in [-0.39, 0.29) is 108 Å². The van der Waals surface area contributed by atoms with Crippen LogP contribution in [0.15, 0.2) is 38.2 Å². The fourth-order valence-corrected chi connectivity index (χ4v) is 3.00. The number of azo groups is 1. The van der Waals surface area contributed by atoms with E-state index in [1.165, 1.54) is 13.1 Å². The van der Waals surface area contributed by atoms with E-state index in [2.05, 4.69) is 19.6 Å². The molecule has 14 heteroatoms. The maximum atomic E-state index is 11.3. The molecule has 0 aliphatic carbocycles. The fourth-order valence-electron chi connectivity index (χ4n) is 1.95. The van der Waals surface area contributed by atoms with Crippen LogP contribution in [-0.4, -0.2) is 30.4 Å². The number of benzene rings is 2. The van der Waals surface area contributed by atoms with Crippen molar-refractivity contribution >= 4 is 44.3 Å². The molecule has 5 N–H and O–H groups in total. The summed E-state index contributed by atoms with van der Waals surface area (Å²) in [6.07, 6.45) is 0. The normalized spacial score (nSPS) is 11.3. The zero-order chi connectivity index (χ0) is 17.2. The van der Waals surface area contributed by atoms with Crippen molar-refractivity contribution in [1.29, 1.82) is 0 Å². The zero-order valence-electron chi connectivity index (χ0n) is 12.2. The summed E-state index contributed by atoms with van der Waals surface area (Å²) >= 11 is 0.496.